The molecule has 0 aliphatic carbocycles. The molecular formula is C12H15F3N2. The van der Waals surface area contributed by atoms with Crippen molar-refractivity contribution in [2.75, 3.05) is 13.1 Å². The van der Waals surface area contributed by atoms with Gasteiger partial charge in [-0.25, -0.2) is 0 Å². The SMILES string of the molecule is FC(F)(F)C1CCCN(Cc2ccncc2)C1. The van der Waals surface area contributed by atoms with Crippen LogP contribution in [0.2, 0.25) is 0 Å². The molecule has 1 fully saturated rings. The minimum Gasteiger partial charge on any atom is -0.298 e. The first-order valence-corrected chi connectivity index (χ1v) is 5.73. The van der Waals surface area contributed by atoms with Crippen LogP contribution in [0.25, 0.3) is 0 Å². The molecule has 1 aromatic rings. The van der Waals surface area contributed by atoms with E-state index in [9.17, 15) is 13.2 Å². The van der Waals surface area contributed by atoms with E-state index in [4.69, 9.17) is 0 Å². The highest BCUT2D eigenvalue weighted by Gasteiger charge is 2.41. The van der Waals surface area contributed by atoms with Crippen LogP contribution in [0.3, 0.4) is 0 Å². The maximum Gasteiger partial charge on any atom is 0.393 e. The molecule has 0 saturated carbocycles. The van der Waals surface area contributed by atoms with Crippen LogP contribution < -0.4 is 0 Å². The fourth-order valence-electron chi connectivity index (χ4n) is 2.21. The van der Waals surface area contributed by atoms with Crippen LogP contribution in [0, 0.1) is 5.92 Å². The number of rotatable bonds is 2. The summed E-state index contributed by atoms with van der Waals surface area (Å²) in [7, 11) is 0. The third-order valence-electron chi connectivity index (χ3n) is 3.12. The molecule has 2 rings (SSSR count). The monoisotopic (exact) mass is 244 g/mol. The van der Waals surface area contributed by atoms with E-state index in [0.29, 0.717) is 13.0 Å². The average molecular weight is 244 g/mol. The van der Waals surface area contributed by atoms with Gasteiger partial charge in [0.1, 0.15) is 0 Å². The highest BCUT2D eigenvalue weighted by Crippen LogP contribution is 2.33. The third-order valence-corrected chi connectivity index (χ3v) is 3.12. The summed E-state index contributed by atoms with van der Waals surface area (Å²) in [4.78, 5) is 5.77. The summed E-state index contributed by atoms with van der Waals surface area (Å²) in [5.74, 6) is -1.17. The lowest BCUT2D eigenvalue weighted by Gasteiger charge is -2.33. The summed E-state index contributed by atoms with van der Waals surface area (Å²) in [6.45, 7) is 1.44. The van der Waals surface area contributed by atoms with E-state index in [1.165, 1.54) is 0 Å². The molecule has 2 nitrogen and oxygen atoms in total. The summed E-state index contributed by atoms with van der Waals surface area (Å²) in [5, 5.41) is 0. The van der Waals surface area contributed by atoms with Crippen molar-refractivity contribution < 1.29 is 13.2 Å². The normalized spacial score (nSPS) is 22.6. The van der Waals surface area contributed by atoms with E-state index >= 15 is 0 Å². The molecule has 0 bridgehead atoms. The first-order valence-electron chi connectivity index (χ1n) is 5.73. The Labute approximate surface area is 98.5 Å². The Bertz CT molecular complexity index is 351. The Balaban J connectivity index is 1.94. The second-order valence-corrected chi connectivity index (χ2v) is 4.47. The van der Waals surface area contributed by atoms with Crippen molar-refractivity contribution in [3.63, 3.8) is 0 Å². The first kappa shape index (κ1) is 12.4. The van der Waals surface area contributed by atoms with Gasteiger partial charge in [-0.15, -0.1) is 0 Å². The summed E-state index contributed by atoms with van der Waals surface area (Å²) in [5.41, 5.74) is 1.02. The fraction of sp³-hybridized carbons (Fsp3) is 0.583. The minimum absolute atomic E-state index is 0.117. The quantitative estimate of drug-likeness (QED) is 0.795. The van der Waals surface area contributed by atoms with Crippen molar-refractivity contribution in [3.05, 3.63) is 30.1 Å². The maximum atomic E-state index is 12.6. The smallest absolute Gasteiger partial charge is 0.298 e. The molecule has 1 saturated heterocycles. The zero-order chi connectivity index (χ0) is 12.3. The lowest BCUT2D eigenvalue weighted by molar-refractivity contribution is -0.187. The molecule has 1 unspecified atom stereocenters. The predicted octanol–water partition coefficient (Wildman–Crippen LogP) is 2.86. The number of hydrogen-bond donors (Lipinski definition) is 0. The zero-order valence-electron chi connectivity index (χ0n) is 9.45. The van der Waals surface area contributed by atoms with Crippen LogP contribution in [-0.4, -0.2) is 29.1 Å². The second-order valence-electron chi connectivity index (χ2n) is 4.47. The first-order chi connectivity index (χ1) is 8.05. The van der Waals surface area contributed by atoms with Gasteiger partial charge >= 0.3 is 6.18 Å². The summed E-state index contributed by atoms with van der Waals surface area (Å²) < 4.78 is 37.9. The van der Waals surface area contributed by atoms with Gasteiger partial charge in [-0.2, -0.15) is 13.2 Å². The number of alkyl halides is 3. The van der Waals surface area contributed by atoms with E-state index in [0.717, 1.165) is 12.1 Å². The number of nitrogens with zero attached hydrogens (tertiary/aromatic N) is 2. The molecule has 94 valence electrons. The molecule has 17 heavy (non-hydrogen) atoms. The lowest BCUT2D eigenvalue weighted by Crippen LogP contribution is -2.41. The molecule has 5 heteroatoms. The van der Waals surface area contributed by atoms with Crippen molar-refractivity contribution in [3.8, 4) is 0 Å². The van der Waals surface area contributed by atoms with Crippen LogP contribution in [-0.2, 0) is 6.54 Å². The topological polar surface area (TPSA) is 16.1 Å². The molecule has 1 aliphatic heterocycles. The van der Waals surface area contributed by atoms with Crippen LogP contribution >= 0.6 is 0 Å². The van der Waals surface area contributed by atoms with Crippen LogP contribution in [0.5, 0.6) is 0 Å². The molecule has 0 N–H and O–H groups in total. The molecule has 0 amide bonds. The number of halogens is 3. The van der Waals surface area contributed by atoms with E-state index < -0.39 is 12.1 Å². The van der Waals surface area contributed by atoms with Gasteiger partial charge in [0, 0.05) is 25.5 Å². The van der Waals surface area contributed by atoms with Crippen molar-refractivity contribution in [2.24, 2.45) is 5.92 Å². The van der Waals surface area contributed by atoms with E-state index in [2.05, 4.69) is 4.98 Å². The molecule has 0 radical (unpaired) electrons. The van der Waals surface area contributed by atoms with Gasteiger partial charge in [0.25, 0.3) is 0 Å². The summed E-state index contributed by atoms with van der Waals surface area (Å²) >= 11 is 0. The number of aromatic nitrogens is 1. The van der Waals surface area contributed by atoms with E-state index in [1.54, 1.807) is 12.4 Å². The Kier molecular flexibility index (Phi) is 3.66. The highest BCUT2D eigenvalue weighted by atomic mass is 19.4. The van der Waals surface area contributed by atoms with Gasteiger partial charge in [-0.1, -0.05) is 0 Å². The lowest BCUT2D eigenvalue weighted by atomic mass is 9.97. The number of likely N-dealkylation sites (tertiary alicyclic amines) is 1. The Morgan fingerprint density at radius 1 is 1.29 bits per heavy atom. The van der Waals surface area contributed by atoms with Crippen LogP contribution in [0.4, 0.5) is 13.2 Å². The maximum absolute atomic E-state index is 12.6. The van der Waals surface area contributed by atoms with Crippen molar-refractivity contribution in [2.45, 2.75) is 25.6 Å². The number of hydrogen-bond acceptors (Lipinski definition) is 2. The average Bonchev–Trinajstić information content (AvgIpc) is 2.29. The highest BCUT2D eigenvalue weighted by molar-refractivity contribution is 5.09. The van der Waals surface area contributed by atoms with Gasteiger partial charge in [0.15, 0.2) is 0 Å². The largest absolute Gasteiger partial charge is 0.393 e. The molecule has 1 aliphatic rings. The fourth-order valence-corrected chi connectivity index (χ4v) is 2.21. The van der Waals surface area contributed by atoms with E-state index in [-0.39, 0.29) is 13.0 Å². The molecule has 1 atom stereocenters. The van der Waals surface area contributed by atoms with Crippen molar-refractivity contribution in [1.29, 1.82) is 0 Å². The van der Waals surface area contributed by atoms with Gasteiger partial charge < -0.3 is 0 Å². The van der Waals surface area contributed by atoms with Gasteiger partial charge in [-0.05, 0) is 37.1 Å². The van der Waals surface area contributed by atoms with Crippen molar-refractivity contribution >= 4 is 0 Å². The molecule has 0 aromatic carbocycles. The predicted molar refractivity (Wildman–Crippen MR) is 58.3 cm³/mol. The Morgan fingerprint density at radius 2 is 2.00 bits per heavy atom. The van der Waals surface area contributed by atoms with Crippen LogP contribution in [0.1, 0.15) is 18.4 Å². The summed E-state index contributed by atoms with van der Waals surface area (Å²) in [6, 6.07) is 3.69. The minimum atomic E-state index is -4.06. The summed E-state index contributed by atoms with van der Waals surface area (Å²) in [6.07, 6.45) is 0.156. The Hall–Kier alpha value is -1.10. The number of piperidine rings is 1. The third kappa shape index (κ3) is 3.43. The second kappa shape index (κ2) is 5.04. The standard InChI is InChI=1S/C12H15F3N2/c13-12(14,15)11-2-1-7-17(9-11)8-10-3-5-16-6-4-10/h3-6,11H,1-2,7-9H2. The number of pyridine rings is 1. The van der Waals surface area contributed by atoms with Crippen LogP contribution in [0.15, 0.2) is 24.5 Å². The molecule has 2 heterocycles. The van der Waals surface area contributed by atoms with E-state index in [1.807, 2.05) is 17.0 Å². The van der Waals surface area contributed by atoms with Gasteiger partial charge in [0.05, 0.1) is 5.92 Å². The molecular weight excluding hydrogens is 229 g/mol. The van der Waals surface area contributed by atoms with Gasteiger partial charge in [0.2, 0.25) is 0 Å². The van der Waals surface area contributed by atoms with Crippen molar-refractivity contribution in [1.82, 2.24) is 9.88 Å². The Morgan fingerprint density at radius 3 is 2.65 bits per heavy atom. The molecule has 1 aromatic heterocycles. The zero-order valence-corrected chi connectivity index (χ0v) is 9.45. The van der Waals surface area contributed by atoms with Gasteiger partial charge in [-0.3, -0.25) is 9.88 Å². The molecule has 0 spiro atoms.